The molecule has 2 saturated carbocycles. The number of carbonyl (C=O) groups is 3. The van der Waals surface area contributed by atoms with Gasteiger partial charge in [-0.05, 0) is 67.7 Å². The summed E-state index contributed by atoms with van der Waals surface area (Å²) in [5.74, 6) is -2.56. The molecular formula is C44H54O10. The van der Waals surface area contributed by atoms with E-state index in [1.807, 2.05) is 102 Å². The number of ketones is 1. The molecule has 2 aliphatic heterocycles. The predicted molar refractivity (Wildman–Crippen MR) is 197 cm³/mol. The third kappa shape index (κ3) is 6.10. The third-order valence-electron chi connectivity index (χ3n) is 14.0. The van der Waals surface area contributed by atoms with Crippen LogP contribution < -0.4 is 0 Å². The Bertz CT molecular complexity index is 1840. The molecule has 0 aromatic heterocycles. The smallest absolute Gasteiger partial charge is 0.373 e. The molecule has 2 bridgehead atoms. The van der Waals surface area contributed by atoms with Crippen molar-refractivity contribution in [1.29, 1.82) is 0 Å². The van der Waals surface area contributed by atoms with Gasteiger partial charge in [-0.3, -0.25) is 9.59 Å². The average Bonchev–Trinajstić information content (AvgIpc) is 3.45. The third-order valence-corrected chi connectivity index (χ3v) is 14.0. The Morgan fingerprint density at radius 2 is 1.46 bits per heavy atom. The van der Waals surface area contributed by atoms with E-state index in [-0.39, 0.29) is 42.2 Å². The molecule has 2 saturated heterocycles. The minimum Gasteiger partial charge on any atom is -0.456 e. The van der Waals surface area contributed by atoms with E-state index in [2.05, 4.69) is 13.8 Å². The Kier molecular flexibility index (Phi) is 10.3. The molecule has 0 radical (unpaired) electrons. The lowest BCUT2D eigenvalue weighted by molar-refractivity contribution is -0.285. The Morgan fingerprint density at radius 1 is 0.889 bits per heavy atom. The van der Waals surface area contributed by atoms with Gasteiger partial charge < -0.3 is 24.1 Å². The van der Waals surface area contributed by atoms with Crippen LogP contribution in [0.4, 0.5) is 0 Å². The van der Waals surface area contributed by atoms with Gasteiger partial charge in [-0.1, -0.05) is 95.3 Å². The van der Waals surface area contributed by atoms with Gasteiger partial charge in [0.15, 0.2) is 18.0 Å². The highest BCUT2D eigenvalue weighted by Gasteiger charge is 2.74. The standard InChI is InChI=1S/C43H54O8.CO2/c1-24-20-31-41(8,23-48-31)36-33(28-18-14-11-15-19-28)43(47)22-30(25(2)32(40(43,6)7)35(49-26(3)44)37(45)42(24,36)9)50-38(46)34-29(21-39(4,5)51-34)27-16-12-10-13-17-27;2-1-3/h10-19,24,29-31,33-36,47H,20-23H2,1-9H3;/t24-,29-,30-,31+,33-,34+,35+,36?,41+,42+,43+;/m0./s1. The number of benzene rings is 2. The fourth-order valence-corrected chi connectivity index (χ4v) is 11.2. The minimum atomic E-state index is -1.55. The molecule has 10 heteroatoms. The van der Waals surface area contributed by atoms with Crippen LogP contribution in [0.3, 0.4) is 0 Å². The number of rotatable bonds is 5. The van der Waals surface area contributed by atoms with Gasteiger partial charge in [0, 0.05) is 41.4 Å². The summed E-state index contributed by atoms with van der Waals surface area (Å²) >= 11 is 0. The van der Waals surface area contributed by atoms with Crippen LogP contribution in [-0.2, 0) is 42.9 Å². The second-order valence-electron chi connectivity index (χ2n) is 17.8. The number of Topliss-reactive ketones (excluding diaryl/α,β-unsaturated/α-hetero) is 1. The molecule has 0 spiro atoms. The molecular weight excluding hydrogens is 688 g/mol. The van der Waals surface area contributed by atoms with Crippen molar-refractivity contribution in [1.82, 2.24) is 0 Å². The lowest BCUT2D eigenvalue weighted by Gasteiger charge is -2.69. The fraction of sp³-hybridized carbons (Fsp3) is 0.591. The van der Waals surface area contributed by atoms with Crippen molar-refractivity contribution >= 4 is 23.9 Å². The SMILES string of the molecule is CC(=O)O[C@H]1C(=O)[C@@]2(C)C([C@H](c3ccccc3)[C@]3(O)C[C@H](OC(=O)[C@@H]4OC(C)(C)C[C@H]4c4ccccc4)C(C)=C1C3(C)C)[C@]1(C)CO[C@@H]1C[C@@H]2C.O=C=O. The number of fused-ring (bicyclic) bond motifs is 5. The van der Waals surface area contributed by atoms with Crippen molar-refractivity contribution in [2.24, 2.45) is 28.1 Å². The highest BCUT2D eigenvalue weighted by Crippen LogP contribution is 2.70. The van der Waals surface area contributed by atoms with Gasteiger partial charge in [0.1, 0.15) is 6.10 Å². The van der Waals surface area contributed by atoms with Crippen molar-refractivity contribution in [3.05, 3.63) is 82.9 Å². The van der Waals surface area contributed by atoms with Gasteiger partial charge in [0.2, 0.25) is 0 Å². The lowest BCUT2D eigenvalue weighted by Crippen LogP contribution is -2.73. The molecule has 10 nitrogen and oxygen atoms in total. The second-order valence-corrected chi connectivity index (χ2v) is 17.8. The summed E-state index contributed by atoms with van der Waals surface area (Å²) in [4.78, 5) is 59.1. The maximum atomic E-state index is 15.5. The van der Waals surface area contributed by atoms with Crippen molar-refractivity contribution in [3.8, 4) is 0 Å². The van der Waals surface area contributed by atoms with Crippen LogP contribution in [-0.4, -0.2) is 71.2 Å². The first-order chi connectivity index (χ1) is 25.3. The average molecular weight is 743 g/mol. The number of aliphatic hydroxyl groups is 1. The van der Waals surface area contributed by atoms with Crippen LogP contribution in [0.1, 0.15) is 105 Å². The molecule has 2 heterocycles. The van der Waals surface area contributed by atoms with E-state index in [1.54, 1.807) is 0 Å². The van der Waals surface area contributed by atoms with E-state index >= 15 is 4.79 Å². The molecule has 54 heavy (non-hydrogen) atoms. The van der Waals surface area contributed by atoms with Crippen LogP contribution in [0.25, 0.3) is 0 Å². The summed E-state index contributed by atoms with van der Waals surface area (Å²) in [6, 6.07) is 19.8. The Balaban J connectivity index is 0.00000160. The van der Waals surface area contributed by atoms with Gasteiger partial charge in [-0.2, -0.15) is 9.59 Å². The minimum absolute atomic E-state index is 0.0883. The van der Waals surface area contributed by atoms with Crippen molar-refractivity contribution < 1.29 is 48.0 Å². The zero-order valence-electron chi connectivity index (χ0n) is 32.8. The Hall–Kier alpha value is -3.95. The molecule has 3 aliphatic carbocycles. The largest absolute Gasteiger partial charge is 0.456 e. The van der Waals surface area contributed by atoms with Crippen LogP contribution in [0.2, 0.25) is 0 Å². The Labute approximate surface area is 318 Å². The molecule has 1 unspecified atom stereocenters. The number of hydrogen-bond acceptors (Lipinski definition) is 10. The number of carbonyl (C=O) groups excluding carboxylic acids is 5. The number of ether oxygens (including phenoxy) is 4. The second kappa shape index (κ2) is 14.0. The fourth-order valence-electron chi connectivity index (χ4n) is 11.2. The zero-order chi connectivity index (χ0) is 39.6. The van der Waals surface area contributed by atoms with Crippen LogP contribution in [0.15, 0.2) is 71.8 Å². The van der Waals surface area contributed by atoms with E-state index < -0.39 is 63.6 Å². The van der Waals surface area contributed by atoms with E-state index in [0.29, 0.717) is 30.6 Å². The quantitative estimate of drug-likeness (QED) is 0.266. The summed E-state index contributed by atoms with van der Waals surface area (Å²) in [6.07, 6.45) is -1.46. The van der Waals surface area contributed by atoms with Crippen LogP contribution in [0.5, 0.6) is 0 Å². The topological polar surface area (TPSA) is 142 Å². The maximum absolute atomic E-state index is 15.5. The van der Waals surface area contributed by atoms with Gasteiger partial charge in [0.05, 0.1) is 23.9 Å². The monoisotopic (exact) mass is 742 g/mol. The van der Waals surface area contributed by atoms with E-state index in [4.69, 9.17) is 28.5 Å². The summed E-state index contributed by atoms with van der Waals surface area (Å²) in [7, 11) is 0. The molecule has 2 aromatic carbocycles. The van der Waals surface area contributed by atoms with Crippen LogP contribution in [0, 0.1) is 28.1 Å². The first kappa shape index (κ1) is 39.7. The highest BCUT2D eigenvalue weighted by atomic mass is 16.6. The first-order valence-electron chi connectivity index (χ1n) is 19.0. The summed E-state index contributed by atoms with van der Waals surface area (Å²) in [5.41, 5.74) is -1.57. The van der Waals surface area contributed by atoms with Gasteiger partial charge >= 0.3 is 18.1 Å². The molecule has 5 aliphatic rings. The van der Waals surface area contributed by atoms with E-state index in [9.17, 15) is 14.7 Å². The van der Waals surface area contributed by atoms with E-state index in [0.717, 1.165) is 11.1 Å². The van der Waals surface area contributed by atoms with Crippen molar-refractivity contribution in [2.45, 2.75) is 129 Å². The molecule has 1 N–H and O–H groups in total. The lowest BCUT2D eigenvalue weighted by atomic mass is 9.38. The van der Waals surface area contributed by atoms with Crippen LogP contribution >= 0.6 is 0 Å². The van der Waals surface area contributed by atoms with Crippen molar-refractivity contribution in [2.75, 3.05) is 6.61 Å². The maximum Gasteiger partial charge on any atom is 0.373 e. The first-order valence-corrected chi connectivity index (χ1v) is 19.0. The normalized spacial score (nSPS) is 38.8. The molecule has 4 fully saturated rings. The van der Waals surface area contributed by atoms with Crippen molar-refractivity contribution in [3.63, 3.8) is 0 Å². The molecule has 290 valence electrons. The number of hydrogen-bond donors (Lipinski definition) is 1. The van der Waals surface area contributed by atoms with E-state index in [1.165, 1.54) is 6.92 Å². The zero-order valence-corrected chi connectivity index (χ0v) is 32.8. The van der Waals surface area contributed by atoms with Gasteiger partial charge in [-0.25, -0.2) is 4.79 Å². The molecule has 11 atom stereocenters. The number of esters is 2. The van der Waals surface area contributed by atoms with Gasteiger partial charge in [-0.15, -0.1) is 0 Å². The molecule has 2 aromatic rings. The molecule has 0 amide bonds. The summed E-state index contributed by atoms with van der Waals surface area (Å²) < 4.78 is 25.2. The Morgan fingerprint density at radius 3 is 2.00 bits per heavy atom. The predicted octanol–water partition coefficient (Wildman–Crippen LogP) is 6.51. The highest BCUT2D eigenvalue weighted by molar-refractivity contribution is 5.94. The van der Waals surface area contributed by atoms with Gasteiger partial charge in [0.25, 0.3) is 0 Å². The summed E-state index contributed by atoms with van der Waals surface area (Å²) in [5, 5.41) is 13.8. The summed E-state index contributed by atoms with van der Waals surface area (Å²) in [6.45, 7) is 17.8. The molecule has 7 rings (SSSR count).